The first-order valence-electron chi connectivity index (χ1n) is 6.30. The van der Waals surface area contributed by atoms with Crippen LogP contribution in [0.5, 0.6) is 0 Å². The van der Waals surface area contributed by atoms with Crippen molar-refractivity contribution in [3.05, 3.63) is 15.6 Å². The maximum atomic E-state index is 5.42. The minimum Gasteiger partial charge on any atom is -0.381 e. The van der Waals surface area contributed by atoms with Gasteiger partial charge in [-0.2, -0.15) is 0 Å². The Balaban J connectivity index is 1.81. The normalized spacial score (nSPS) is 19.5. The molecule has 1 aromatic rings. The standard InChI is InChI=1S/C13H22N2OS/c1-10-12(17-11(2)15-10)8-14-9-13(3)4-6-16-7-5-13/h14H,4-9H2,1-3H3. The molecule has 4 heteroatoms. The molecular formula is C13H22N2OS. The lowest BCUT2D eigenvalue weighted by Crippen LogP contribution is -2.36. The van der Waals surface area contributed by atoms with Crippen molar-refractivity contribution >= 4 is 11.3 Å². The summed E-state index contributed by atoms with van der Waals surface area (Å²) in [6.07, 6.45) is 2.33. The quantitative estimate of drug-likeness (QED) is 0.897. The van der Waals surface area contributed by atoms with Crippen LogP contribution < -0.4 is 5.32 Å². The van der Waals surface area contributed by atoms with E-state index < -0.39 is 0 Å². The first-order chi connectivity index (χ1) is 8.09. The maximum Gasteiger partial charge on any atom is 0.0900 e. The molecule has 2 heterocycles. The number of nitrogens with one attached hydrogen (secondary N) is 1. The van der Waals surface area contributed by atoms with E-state index in [4.69, 9.17) is 4.74 Å². The second-order valence-electron chi connectivity index (χ2n) is 5.27. The van der Waals surface area contributed by atoms with Crippen LogP contribution in [0, 0.1) is 19.3 Å². The first-order valence-corrected chi connectivity index (χ1v) is 7.12. The van der Waals surface area contributed by atoms with Crippen LogP contribution in [0.4, 0.5) is 0 Å². The molecule has 0 spiro atoms. The molecule has 1 fully saturated rings. The Bertz CT molecular complexity index is 369. The van der Waals surface area contributed by atoms with Crippen LogP contribution >= 0.6 is 11.3 Å². The third-order valence-electron chi connectivity index (χ3n) is 3.54. The van der Waals surface area contributed by atoms with Gasteiger partial charge in [-0.05, 0) is 32.1 Å². The number of rotatable bonds is 4. The zero-order valence-electron chi connectivity index (χ0n) is 11.0. The van der Waals surface area contributed by atoms with Crippen LogP contribution in [-0.2, 0) is 11.3 Å². The van der Waals surface area contributed by atoms with Crippen LogP contribution in [0.25, 0.3) is 0 Å². The van der Waals surface area contributed by atoms with Crippen molar-refractivity contribution < 1.29 is 4.74 Å². The average Bonchev–Trinajstić information content (AvgIpc) is 2.58. The van der Waals surface area contributed by atoms with E-state index in [1.54, 1.807) is 11.3 Å². The molecule has 1 aromatic heterocycles. The van der Waals surface area contributed by atoms with Gasteiger partial charge in [0.05, 0.1) is 10.7 Å². The highest BCUT2D eigenvalue weighted by Gasteiger charge is 2.26. The fourth-order valence-electron chi connectivity index (χ4n) is 2.26. The highest BCUT2D eigenvalue weighted by atomic mass is 32.1. The van der Waals surface area contributed by atoms with Crippen molar-refractivity contribution in [2.45, 2.75) is 40.2 Å². The molecule has 0 atom stereocenters. The predicted octanol–water partition coefficient (Wildman–Crippen LogP) is 2.67. The van der Waals surface area contributed by atoms with E-state index in [2.05, 4.69) is 31.1 Å². The van der Waals surface area contributed by atoms with E-state index in [1.165, 1.54) is 23.4 Å². The summed E-state index contributed by atoms with van der Waals surface area (Å²) in [4.78, 5) is 5.83. The van der Waals surface area contributed by atoms with Crippen molar-refractivity contribution in [3.63, 3.8) is 0 Å². The lowest BCUT2D eigenvalue weighted by molar-refractivity contribution is 0.0240. The van der Waals surface area contributed by atoms with Gasteiger partial charge in [0, 0.05) is 31.2 Å². The summed E-state index contributed by atoms with van der Waals surface area (Å²) < 4.78 is 5.42. The lowest BCUT2D eigenvalue weighted by atomic mass is 9.82. The number of aromatic nitrogens is 1. The Morgan fingerprint density at radius 1 is 1.35 bits per heavy atom. The summed E-state index contributed by atoms with van der Waals surface area (Å²) in [7, 11) is 0. The van der Waals surface area contributed by atoms with E-state index in [-0.39, 0.29) is 0 Å². The lowest BCUT2D eigenvalue weighted by Gasteiger charge is -2.33. The van der Waals surface area contributed by atoms with Gasteiger partial charge >= 0.3 is 0 Å². The van der Waals surface area contributed by atoms with Crippen LogP contribution in [0.15, 0.2) is 0 Å². The fourth-order valence-corrected chi connectivity index (χ4v) is 3.16. The summed E-state index contributed by atoms with van der Waals surface area (Å²) in [5.41, 5.74) is 1.59. The van der Waals surface area contributed by atoms with Gasteiger partial charge < -0.3 is 10.1 Å². The zero-order valence-corrected chi connectivity index (χ0v) is 11.8. The molecule has 3 nitrogen and oxygen atoms in total. The van der Waals surface area contributed by atoms with Crippen LogP contribution in [-0.4, -0.2) is 24.7 Å². The molecule has 0 bridgehead atoms. The Morgan fingerprint density at radius 2 is 2.06 bits per heavy atom. The monoisotopic (exact) mass is 254 g/mol. The highest BCUT2D eigenvalue weighted by molar-refractivity contribution is 7.11. The average molecular weight is 254 g/mol. The molecular weight excluding hydrogens is 232 g/mol. The van der Waals surface area contributed by atoms with Crippen LogP contribution in [0.1, 0.15) is 35.3 Å². The summed E-state index contributed by atoms with van der Waals surface area (Å²) in [6.45, 7) is 10.4. The van der Waals surface area contributed by atoms with E-state index in [0.717, 1.165) is 31.3 Å². The maximum absolute atomic E-state index is 5.42. The van der Waals surface area contributed by atoms with Crippen molar-refractivity contribution in [2.24, 2.45) is 5.41 Å². The zero-order chi connectivity index (χ0) is 12.3. The predicted molar refractivity (Wildman–Crippen MR) is 71.5 cm³/mol. The molecule has 1 saturated heterocycles. The topological polar surface area (TPSA) is 34.2 Å². The van der Waals surface area contributed by atoms with E-state index in [9.17, 15) is 0 Å². The smallest absolute Gasteiger partial charge is 0.0900 e. The Labute approximate surface area is 108 Å². The van der Waals surface area contributed by atoms with Crippen molar-refractivity contribution in [2.75, 3.05) is 19.8 Å². The number of ether oxygens (including phenoxy) is 1. The van der Waals surface area contributed by atoms with Gasteiger partial charge in [0.1, 0.15) is 0 Å². The Kier molecular flexibility index (Phi) is 4.17. The van der Waals surface area contributed by atoms with Crippen LogP contribution in [0.3, 0.4) is 0 Å². The number of hydrogen-bond acceptors (Lipinski definition) is 4. The minimum atomic E-state index is 0.409. The second-order valence-corrected chi connectivity index (χ2v) is 6.56. The van der Waals surface area contributed by atoms with Gasteiger partial charge in [0.2, 0.25) is 0 Å². The molecule has 1 aliphatic heterocycles. The van der Waals surface area contributed by atoms with E-state index >= 15 is 0 Å². The summed E-state index contributed by atoms with van der Waals surface area (Å²) in [5.74, 6) is 0. The van der Waals surface area contributed by atoms with Crippen molar-refractivity contribution in [3.8, 4) is 0 Å². The van der Waals surface area contributed by atoms with Gasteiger partial charge in [0.15, 0.2) is 0 Å². The summed E-state index contributed by atoms with van der Waals surface area (Å²) in [5, 5.41) is 4.74. The van der Waals surface area contributed by atoms with Gasteiger partial charge in [-0.1, -0.05) is 6.92 Å². The van der Waals surface area contributed by atoms with E-state index in [1.807, 2.05) is 0 Å². The fraction of sp³-hybridized carbons (Fsp3) is 0.769. The van der Waals surface area contributed by atoms with Gasteiger partial charge in [0.25, 0.3) is 0 Å². The summed E-state index contributed by atoms with van der Waals surface area (Å²) in [6, 6.07) is 0. The van der Waals surface area contributed by atoms with Gasteiger partial charge in [-0.25, -0.2) is 4.98 Å². The highest BCUT2D eigenvalue weighted by Crippen LogP contribution is 2.29. The molecule has 1 N–H and O–H groups in total. The third kappa shape index (κ3) is 3.50. The first kappa shape index (κ1) is 13.0. The molecule has 1 aliphatic rings. The molecule has 0 radical (unpaired) electrons. The summed E-state index contributed by atoms with van der Waals surface area (Å²) >= 11 is 1.80. The number of hydrogen-bond donors (Lipinski definition) is 1. The van der Waals surface area contributed by atoms with Gasteiger partial charge in [-0.15, -0.1) is 11.3 Å². The van der Waals surface area contributed by atoms with Crippen LogP contribution in [0.2, 0.25) is 0 Å². The largest absolute Gasteiger partial charge is 0.381 e. The van der Waals surface area contributed by atoms with E-state index in [0.29, 0.717) is 5.41 Å². The molecule has 0 amide bonds. The Hall–Kier alpha value is -0.450. The molecule has 0 unspecified atom stereocenters. The number of aryl methyl sites for hydroxylation is 2. The molecule has 17 heavy (non-hydrogen) atoms. The molecule has 0 aliphatic carbocycles. The molecule has 0 saturated carbocycles. The Morgan fingerprint density at radius 3 is 2.65 bits per heavy atom. The molecule has 96 valence electrons. The SMILES string of the molecule is Cc1nc(C)c(CNCC2(C)CCOCC2)s1. The third-order valence-corrected chi connectivity index (χ3v) is 4.61. The van der Waals surface area contributed by atoms with Crippen molar-refractivity contribution in [1.29, 1.82) is 0 Å². The molecule has 0 aromatic carbocycles. The minimum absolute atomic E-state index is 0.409. The van der Waals surface area contributed by atoms with Gasteiger partial charge in [-0.3, -0.25) is 0 Å². The second kappa shape index (κ2) is 5.46. The number of thiazole rings is 1. The number of nitrogens with zero attached hydrogens (tertiary/aromatic N) is 1. The van der Waals surface area contributed by atoms with Crippen molar-refractivity contribution in [1.82, 2.24) is 10.3 Å². The molecule has 2 rings (SSSR count).